The van der Waals surface area contributed by atoms with E-state index in [1.165, 1.54) is 31.4 Å². The molecule has 0 unspecified atom stereocenters. The van der Waals surface area contributed by atoms with Gasteiger partial charge in [0.1, 0.15) is 5.75 Å². The van der Waals surface area contributed by atoms with Gasteiger partial charge in [0.2, 0.25) is 0 Å². The molecule has 1 saturated heterocycles. The monoisotopic (exact) mass is 397 g/mol. The fourth-order valence-corrected chi connectivity index (χ4v) is 6.52. The van der Waals surface area contributed by atoms with Crippen molar-refractivity contribution in [3.8, 4) is 5.75 Å². The minimum atomic E-state index is -4.09. The van der Waals surface area contributed by atoms with Gasteiger partial charge in [-0.1, -0.05) is 18.2 Å². The highest BCUT2D eigenvalue weighted by atomic mass is 32.2. The van der Waals surface area contributed by atoms with Crippen LogP contribution in [0.4, 0.5) is 5.69 Å². The van der Waals surface area contributed by atoms with Gasteiger partial charge < -0.3 is 9.84 Å². The highest BCUT2D eigenvalue weighted by molar-refractivity contribution is 7.93. The van der Waals surface area contributed by atoms with Crippen LogP contribution in [0, 0.1) is 0 Å². The fraction of sp³-hybridized carbons (Fsp3) is 0.294. The van der Waals surface area contributed by atoms with E-state index in [1.54, 1.807) is 30.3 Å². The van der Waals surface area contributed by atoms with Gasteiger partial charge in [-0.05, 0) is 36.4 Å². The molecule has 140 valence electrons. The zero-order valence-corrected chi connectivity index (χ0v) is 15.7. The van der Waals surface area contributed by atoms with Gasteiger partial charge in [-0.25, -0.2) is 16.8 Å². The van der Waals surface area contributed by atoms with Crippen molar-refractivity contribution >= 4 is 25.5 Å². The smallest absolute Gasteiger partial charge is 0.264 e. The van der Waals surface area contributed by atoms with E-state index in [0.29, 0.717) is 11.4 Å². The molecule has 1 aliphatic rings. The molecule has 0 aromatic heterocycles. The minimum Gasteiger partial charge on any atom is -0.497 e. The van der Waals surface area contributed by atoms with Gasteiger partial charge >= 0.3 is 0 Å². The summed E-state index contributed by atoms with van der Waals surface area (Å²) in [5.41, 5.74) is 0.296. The van der Waals surface area contributed by atoms with E-state index < -0.39 is 43.5 Å². The van der Waals surface area contributed by atoms with Crippen molar-refractivity contribution in [2.45, 2.75) is 17.0 Å². The first-order valence-corrected chi connectivity index (χ1v) is 11.1. The zero-order chi connectivity index (χ0) is 18.9. The van der Waals surface area contributed by atoms with E-state index >= 15 is 0 Å². The van der Waals surface area contributed by atoms with Crippen LogP contribution in [-0.4, -0.2) is 52.7 Å². The van der Waals surface area contributed by atoms with E-state index in [1.807, 2.05) is 0 Å². The molecule has 7 nitrogen and oxygen atoms in total. The van der Waals surface area contributed by atoms with Gasteiger partial charge in [-0.3, -0.25) is 4.31 Å². The minimum absolute atomic E-state index is 0.0151. The Labute approximate surface area is 152 Å². The van der Waals surface area contributed by atoms with Crippen LogP contribution in [0.15, 0.2) is 59.5 Å². The molecule has 0 spiro atoms. The lowest BCUT2D eigenvalue weighted by atomic mass is 10.2. The number of para-hydroxylation sites is 1. The van der Waals surface area contributed by atoms with Crippen LogP contribution >= 0.6 is 0 Å². The van der Waals surface area contributed by atoms with Gasteiger partial charge in [-0.2, -0.15) is 0 Å². The van der Waals surface area contributed by atoms with Crippen LogP contribution in [0.2, 0.25) is 0 Å². The van der Waals surface area contributed by atoms with Crippen LogP contribution in [-0.2, 0) is 19.9 Å². The molecule has 9 heteroatoms. The molecule has 1 fully saturated rings. The van der Waals surface area contributed by atoms with Gasteiger partial charge in [0.25, 0.3) is 10.0 Å². The van der Waals surface area contributed by atoms with Gasteiger partial charge in [-0.15, -0.1) is 0 Å². The predicted octanol–water partition coefficient (Wildman–Crippen LogP) is 1.05. The third-order valence-electron chi connectivity index (χ3n) is 4.22. The molecule has 2 atom stereocenters. The molecule has 3 rings (SSSR count). The number of sulfone groups is 1. The van der Waals surface area contributed by atoms with E-state index in [9.17, 15) is 21.9 Å². The van der Waals surface area contributed by atoms with Gasteiger partial charge in [0.05, 0.1) is 41.3 Å². The maximum Gasteiger partial charge on any atom is 0.264 e. The number of anilines is 1. The first kappa shape index (κ1) is 18.7. The van der Waals surface area contributed by atoms with Crippen LogP contribution in [0.5, 0.6) is 5.75 Å². The Hall–Kier alpha value is -2.10. The van der Waals surface area contributed by atoms with Crippen LogP contribution in [0.25, 0.3) is 0 Å². The number of aliphatic hydroxyl groups excluding tert-OH is 1. The number of hydrogen-bond donors (Lipinski definition) is 1. The normalized spacial score (nSPS) is 22.1. The number of methoxy groups -OCH3 is 1. The second-order valence-electron chi connectivity index (χ2n) is 6.02. The second-order valence-corrected chi connectivity index (χ2v) is 9.99. The van der Waals surface area contributed by atoms with E-state index in [0.717, 1.165) is 4.31 Å². The summed E-state index contributed by atoms with van der Waals surface area (Å²) in [4.78, 5) is -0.0151. The summed E-state index contributed by atoms with van der Waals surface area (Å²) in [6.45, 7) is 0. The Morgan fingerprint density at radius 2 is 1.65 bits per heavy atom. The Morgan fingerprint density at radius 3 is 2.15 bits per heavy atom. The summed E-state index contributed by atoms with van der Waals surface area (Å²) in [5.74, 6) is -0.393. The Morgan fingerprint density at radius 1 is 1.04 bits per heavy atom. The first-order chi connectivity index (χ1) is 12.2. The van der Waals surface area contributed by atoms with Crippen molar-refractivity contribution in [3.63, 3.8) is 0 Å². The standard InChI is InChI=1S/C17H19NO6S2/c1-24-14-7-9-15(10-8-14)26(22,23)18(13-5-3-2-4-6-13)16-11-25(20,21)12-17(16)19/h2-10,16-17,19H,11-12H2,1H3/t16-,17+/m0/s1. The quantitative estimate of drug-likeness (QED) is 0.809. The lowest BCUT2D eigenvalue weighted by Gasteiger charge is -2.31. The topological polar surface area (TPSA) is 101 Å². The van der Waals surface area contributed by atoms with E-state index in [2.05, 4.69) is 0 Å². The molecular formula is C17H19NO6S2. The number of nitrogens with zero attached hydrogens (tertiary/aromatic N) is 1. The summed E-state index contributed by atoms with van der Waals surface area (Å²) >= 11 is 0. The first-order valence-electron chi connectivity index (χ1n) is 7.86. The summed E-state index contributed by atoms with van der Waals surface area (Å²) in [6.07, 6.45) is -1.30. The molecule has 0 saturated carbocycles. The number of aliphatic hydroxyl groups is 1. The summed E-state index contributed by atoms with van der Waals surface area (Å²) in [5, 5.41) is 10.2. The average molecular weight is 397 g/mol. The van der Waals surface area contributed by atoms with E-state index in [-0.39, 0.29) is 4.90 Å². The fourth-order valence-electron chi connectivity index (χ4n) is 2.98. The largest absolute Gasteiger partial charge is 0.497 e. The molecular weight excluding hydrogens is 378 g/mol. The molecule has 0 aliphatic carbocycles. The van der Waals surface area contributed by atoms with Crippen molar-refractivity contribution in [3.05, 3.63) is 54.6 Å². The average Bonchev–Trinajstić information content (AvgIpc) is 2.88. The van der Waals surface area contributed by atoms with Crippen LogP contribution in [0.1, 0.15) is 0 Å². The highest BCUT2D eigenvalue weighted by Gasteiger charge is 2.44. The van der Waals surface area contributed by atoms with Crippen molar-refractivity contribution < 1.29 is 26.7 Å². The Bertz CT molecular complexity index is 972. The Kier molecular flexibility index (Phi) is 4.96. The molecule has 1 aliphatic heterocycles. The summed E-state index contributed by atoms with van der Waals surface area (Å²) in [7, 11) is -6.15. The predicted molar refractivity (Wildman–Crippen MR) is 97.5 cm³/mol. The lowest BCUT2D eigenvalue weighted by molar-refractivity contribution is 0.184. The number of benzene rings is 2. The molecule has 26 heavy (non-hydrogen) atoms. The number of sulfonamides is 1. The molecule has 0 amide bonds. The Balaban J connectivity index is 2.11. The van der Waals surface area contributed by atoms with Crippen molar-refractivity contribution in [2.75, 3.05) is 22.9 Å². The molecule has 1 N–H and O–H groups in total. The molecule has 2 aromatic carbocycles. The molecule has 0 radical (unpaired) electrons. The van der Waals surface area contributed by atoms with Crippen LogP contribution < -0.4 is 9.04 Å². The number of rotatable bonds is 5. The third-order valence-corrected chi connectivity index (χ3v) is 7.79. The maximum absolute atomic E-state index is 13.3. The summed E-state index contributed by atoms with van der Waals surface area (Å²) < 4.78 is 56.4. The zero-order valence-electron chi connectivity index (χ0n) is 14.0. The SMILES string of the molecule is COc1ccc(S(=O)(=O)N(c2ccccc2)[C@H]2CS(=O)(=O)C[C@H]2O)cc1. The highest BCUT2D eigenvalue weighted by Crippen LogP contribution is 2.31. The van der Waals surface area contributed by atoms with E-state index in [4.69, 9.17) is 4.74 Å². The molecule has 2 aromatic rings. The number of ether oxygens (including phenoxy) is 1. The van der Waals surface area contributed by atoms with Gasteiger partial charge in [0.15, 0.2) is 9.84 Å². The maximum atomic E-state index is 13.3. The second kappa shape index (κ2) is 6.90. The van der Waals surface area contributed by atoms with Crippen molar-refractivity contribution in [1.29, 1.82) is 0 Å². The van der Waals surface area contributed by atoms with Crippen molar-refractivity contribution in [2.24, 2.45) is 0 Å². The molecule has 1 heterocycles. The lowest BCUT2D eigenvalue weighted by Crippen LogP contribution is -2.47. The van der Waals surface area contributed by atoms with Crippen molar-refractivity contribution in [1.82, 2.24) is 0 Å². The summed E-state index contributed by atoms with van der Waals surface area (Å²) in [6, 6.07) is 12.9. The van der Waals surface area contributed by atoms with Gasteiger partial charge in [0, 0.05) is 0 Å². The third kappa shape index (κ3) is 3.55. The van der Waals surface area contributed by atoms with Crippen LogP contribution in [0.3, 0.4) is 0 Å². The molecule has 0 bridgehead atoms. The number of hydrogen-bond acceptors (Lipinski definition) is 6.